The Morgan fingerprint density at radius 3 is 2.37 bits per heavy atom. The Balaban J connectivity index is 1.21. The second kappa shape index (κ2) is 17.7. The molecule has 0 aromatic heterocycles. The van der Waals surface area contributed by atoms with Gasteiger partial charge in [-0.1, -0.05) is 97.4 Å². The molecule has 3 aliphatic heterocycles. The van der Waals surface area contributed by atoms with Crippen molar-refractivity contribution in [1.29, 1.82) is 0 Å². The fourth-order valence-electron chi connectivity index (χ4n) is 15.8. The van der Waals surface area contributed by atoms with Crippen molar-refractivity contribution in [1.82, 2.24) is 0 Å². The van der Waals surface area contributed by atoms with Gasteiger partial charge in [-0.25, -0.2) is 4.79 Å². The summed E-state index contributed by atoms with van der Waals surface area (Å²) in [6.07, 6.45) is 16.7. The molecule has 1 aromatic carbocycles. The summed E-state index contributed by atoms with van der Waals surface area (Å²) in [6, 6.07) is 10.8. The molecule has 5 saturated carbocycles. The summed E-state index contributed by atoms with van der Waals surface area (Å²) in [4.78, 5) is 27.9. The third kappa shape index (κ3) is 7.76. The minimum atomic E-state index is -1.68. The maximum absolute atomic E-state index is 15.5. The van der Waals surface area contributed by atoms with Gasteiger partial charge in [0, 0.05) is 36.3 Å². The van der Waals surface area contributed by atoms with Crippen LogP contribution in [-0.4, -0.2) is 69.3 Å². The van der Waals surface area contributed by atoms with Gasteiger partial charge in [0.2, 0.25) is 0 Å². The van der Waals surface area contributed by atoms with Crippen molar-refractivity contribution in [3.63, 3.8) is 0 Å². The third-order valence-electron chi connectivity index (χ3n) is 19.1. The van der Waals surface area contributed by atoms with Crippen molar-refractivity contribution in [2.45, 2.75) is 180 Å². The number of cyclic esters (lactones) is 1. The lowest BCUT2D eigenvalue weighted by Crippen LogP contribution is -2.79. The van der Waals surface area contributed by atoms with Gasteiger partial charge in [-0.2, -0.15) is 0 Å². The molecule has 9 heteroatoms. The number of fused-ring (bicyclic) bond motifs is 2. The number of hydrogen-bond donors (Lipinski definition) is 3. The van der Waals surface area contributed by atoms with Crippen molar-refractivity contribution in [3.05, 3.63) is 47.5 Å². The Labute approximate surface area is 379 Å². The number of carbonyl (C=O) groups excluding carboxylic acids is 2. The molecule has 6 fully saturated rings. The highest BCUT2D eigenvalue weighted by atomic mass is 33.1. The number of rotatable bonds is 6. The molecule has 2 spiro atoms. The van der Waals surface area contributed by atoms with E-state index in [-0.39, 0.29) is 30.9 Å². The molecule has 62 heavy (non-hydrogen) atoms. The fourth-order valence-corrected chi connectivity index (χ4v) is 18.7. The highest BCUT2D eigenvalue weighted by Crippen LogP contribution is 2.73. The summed E-state index contributed by atoms with van der Waals surface area (Å²) in [5, 5.41) is 41.1. The number of ether oxygens (including phenoxy) is 2. The van der Waals surface area contributed by atoms with Gasteiger partial charge in [0.15, 0.2) is 0 Å². The molecular weight excluding hydrogens is 813 g/mol. The van der Waals surface area contributed by atoms with E-state index in [1.807, 2.05) is 28.5 Å². The first kappa shape index (κ1) is 45.2. The normalized spacial score (nSPS) is 44.5. The summed E-state index contributed by atoms with van der Waals surface area (Å²) in [7, 11) is 3.88. The highest BCUT2D eigenvalue weighted by molar-refractivity contribution is 8.76. The Morgan fingerprint density at radius 2 is 1.60 bits per heavy atom. The summed E-state index contributed by atoms with van der Waals surface area (Å²) >= 11 is 0. The molecule has 5 aliphatic carbocycles. The van der Waals surface area contributed by atoms with Crippen LogP contribution in [0, 0.1) is 68.5 Å². The Morgan fingerprint density at radius 1 is 0.839 bits per heavy atom. The molecule has 3 N–H and O–H groups in total. The second-order valence-electron chi connectivity index (χ2n) is 22.5. The molecule has 0 radical (unpaired) electrons. The zero-order valence-corrected chi connectivity index (χ0v) is 39.5. The molecule has 1 aromatic rings. The first-order valence-corrected chi connectivity index (χ1v) is 27.2. The van der Waals surface area contributed by atoms with Gasteiger partial charge >= 0.3 is 11.9 Å². The molecule has 8 aliphatic rings. The van der Waals surface area contributed by atoms with Crippen LogP contribution in [-0.2, 0) is 25.5 Å². The van der Waals surface area contributed by atoms with Crippen LogP contribution in [0.1, 0.15) is 155 Å². The Hall–Kier alpha value is -1.96. The van der Waals surface area contributed by atoms with E-state index in [4.69, 9.17) is 9.47 Å². The predicted octanol–water partition coefficient (Wildman–Crippen LogP) is 10.4. The van der Waals surface area contributed by atoms with E-state index < -0.39 is 51.5 Å². The van der Waals surface area contributed by atoms with E-state index >= 15 is 4.79 Å². The average molecular weight is 887 g/mol. The lowest BCUT2D eigenvalue weighted by molar-refractivity contribution is -0.338. The van der Waals surface area contributed by atoms with Crippen LogP contribution in [0.25, 0.3) is 0 Å². The zero-order valence-electron chi connectivity index (χ0n) is 37.8. The third-order valence-corrected chi connectivity index (χ3v) is 21.7. The van der Waals surface area contributed by atoms with Crippen LogP contribution in [0.2, 0.25) is 0 Å². The summed E-state index contributed by atoms with van der Waals surface area (Å²) < 4.78 is 12.7. The first-order chi connectivity index (χ1) is 29.8. The van der Waals surface area contributed by atoms with Crippen molar-refractivity contribution in [2.24, 2.45) is 56.7 Å². The molecule has 13 unspecified atom stereocenters. The Kier molecular flexibility index (Phi) is 12.9. The lowest BCUT2D eigenvalue weighted by atomic mass is 9.35. The van der Waals surface area contributed by atoms with Crippen LogP contribution in [0.15, 0.2) is 42.0 Å². The van der Waals surface area contributed by atoms with Crippen molar-refractivity contribution < 1.29 is 34.4 Å². The quantitative estimate of drug-likeness (QED) is 0.146. The second-order valence-corrected chi connectivity index (χ2v) is 25.1. The van der Waals surface area contributed by atoms with Gasteiger partial charge in [0.25, 0.3) is 0 Å². The monoisotopic (exact) mass is 886 g/mol. The van der Waals surface area contributed by atoms with Crippen LogP contribution in [0.3, 0.4) is 0 Å². The summed E-state index contributed by atoms with van der Waals surface area (Å²) in [6.45, 7) is 6.94. The molecule has 340 valence electrons. The molecular formula is C53H74O7S2. The molecule has 9 rings (SSSR count). The number of benzene rings is 1. The number of aliphatic hydroxyl groups excluding tert-OH is 2. The van der Waals surface area contributed by atoms with Gasteiger partial charge in [0.1, 0.15) is 12.7 Å². The molecule has 1 saturated heterocycles. The summed E-state index contributed by atoms with van der Waals surface area (Å²) in [5.74, 6) is 9.36. The molecule has 7 nitrogen and oxygen atoms in total. The highest BCUT2D eigenvalue weighted by Gasteiger charge is 2.78. The SMILES string of the molecule is CC1CCC(O)C23C(O)CCC(C)(C4CCC5(CCCC5)C4)C2C2CC(C)(C#CCC4(CCCCC4CSSCC(Cc4ccccc4)C1)C(=O)O2)C3(O)CCC1=CC(=O)OC1. The number of aliphatic hydroxyl groups is 3. The minimum absolute atomic E-state index is 0.116. The van der Waals surface area contributed by atoms with E-state index in [1.165, 1.54) is 37.7 Å². The molecule has 4 bridgehead atoms. The molecule has 13 atom stereocenters. The maximum Gasteiger partial charge on any atom is 0.331 e. The standard InChI is InChI=1S/C53H74O7S2/c1-36-15-16-43(54)53-44(55)19-25-49(3,40-18-26-50(31-40)21-9-10-22-50)46(53)42-32-48(2,52(53,58)27-17-38-30-45(56)59-33-38)20-11-24-51(47(57)60-42)23-8-7-14-41(51)35-62-61-34-39(28-36)29-37-12-5-4-6-13-37/h4-6,12-13,30,36,39-44,46,54-55,58H,7-10,14-19,21-29,31-35H2,1-3H3. The van der Waals surface area contributed by atoms with Gasteiger partial charge < -0.3 is 24.8 Å². The zero-order chi connectivity index (χ0) is 43.4. The smallest absolute Gasteiger partial charge is 0.331 e. The number of hydrogen-bond acceptors (Lipinski definition) is 9. The molecule has 0 amide bonds. The van der Waals surface area contributed by atoms with E-state index in [9.17, 15) is 20.1 Å². The van der Waals surface area contributed by atoms with Crippen LogP contribution in [0.5, 0.6) is 0 Å². The van der Waals surface area contributed by atoms with Crippen molar-refractivity contribution in [3.8, 4) is 11.8 Å². The first-order valence-electron chi connectivity index (χ1n) is 24.7. The van der Waals surface area contributed by atoms with Gasteiger partial charge in [-0.3, -0.25) is 4.79 Å². The van der Waals surface area contributed by atoms with Crippen molar-refractivity contribution >= 4 is 33.5 Å². The fraction of sp³-hybridized carbons (Fsp3) is 0.774. The Bertz CT molecular complexity index is 1900. The van der Waals surface area contributed by atoms with E-state index in [0.29, 0.717) is 55.3 Å². The van der Waals surface area contributed by atoms with Crippen LogP contribution in [0.4, 0.5) is 0 Å². The van der Waals surface area contributed by atoms with E-state index in [0.717, 1.165) is 81.3 Å². The minimum Gasteiger partial charge on any atom is -0.462 e. The van der Waals surface area contributed by atoms with Crippen molar-refractivity contribution in [2.75, 3.05) is 18.1 Å². The number of carbonyl (C=O) groups is 2. The van der Waals surface area contributed by atoms with E-state index in [1.54, 1.807) is 6.08 Å². The van der Waals surface area contributed by atoms with Crippen LogP contribution >= 0.6 is 21.6 Å². The lowest BCUT2D eigenvalue weighted by Gasteiger charge is -2.71. The molecule has 3 heterocycles. The average Bonchev–Trinajstić information content (AvgIpc) is 4.03. The summed E-state index contributed by atoms with van der Waals surface area (Å²) in [5.41, 5.74) is -2.94. The predicted molar refractivity (Wildman–Crippen MR) is 248 cm³/mol. The van der Waals surface area contributed by atoms with Crippen LogP contribution < -0.4 is 0 Å². The van der Waals surface area contributed by atoms with Gasteiger partial charge in [0.05, 0.1) is 34.1 Å². The topological polar surface area (TPSA) is 113 Å². The number of esters is 2. The van der Waals surface area contributed by atoms with Gasteiger partial charge in [-0.15, -0.1) is 5.92 Å². The van der Waals surface area contributed by atoms with Gasteiger partial charge in [-0.05, 0) is 149 Å². The van der Waals surface area contributed by atoms with E-state index in [2.05, 4.69) is 56.0 Å². The maximum atomic E-state index is 15.5. The largest absolute Gasteiger partial charge is 0.462 e.